The van der Waals surface area contributed by atoms with Gasteiger partial charge in [0.25, 0.3) is 25.9 Å². The Bertz CT molecular complexity index is 1370. The van der Waals surface area contributed by atoms with Crippen molar-refractivity contribution in [3.05, 3.63) is 59.0 Å². The zero-order valence-corrected chi connectivity index (χ0v) is 20.3. The van der Waals surface area contributed by atoms with Crippen molar-refractivity contribution in [2.45, 2.75) is 30.7 Å². The minimum atomic E-state index is -1.42. The van der Waals surface area contributed by atoms with Gasteiger partial charge in [0, 0.05) is 6.07 Å². The molecule has 0 radical (unpaired) electrons. The molecule has 13 heteroatoms. The number of fused-ring (bicyclic) bond motifs is 1. The predicted molar refractivity (Wildman–Crippen MR) is 129 cm³/mol. The smallest absolute Gasteiger partial charge is 0.293 e. The van der Waals surface area contributed by atoms with E-state index in [-0.39, 0.29) is 48.0 Å². The first kappa shape index (κ1) is 27.1. The van der Waals surface area contributed by atoms with Crippen LogP contribution in [0.25, 0.3) is 22.1 Å². The average Bonchev–Trinajstić information content (AvgIpc) is 2.95. The summed E-state index contributed by atoms with van der Waals surface area (Å²) in [6.07, 6.45) is -5.34. The fourth-order valence-electron chi connectivity index (χ4n) is 4.18. The molecule has 3 aromatic rings. The van der Waals surface area contributed by atoms with Crippen LogP contribution in [0.1, 0.15) is 0 Å². The summed E-state index contributed by atoms with van der Waals surface area (Å²) in [7, 11) is 1.54. The van der Waals surface area contributed by atoms with Crippen LogP contribution in [0.15, 0.2) is 57.9 Å². The van der Waals surface area contributed by atoms with Crippen LogP contribution in [0.2, 0.25) is 0 Å². The standard InChI is InChI=1S/C26H22O13/c1-32-16-4-2-15(3-5-16)19-9-34-20-8-17(6-7-18(20)22(19)31)38-26-25(37-14-30)24(36-13-29)23(35-12-28)21(39-26)10-33-11-27/h2-9,11-14,21,23-26H,10H2,1H3. The van der Waals surface area contributed by atoms with E-state index in [2.05, 4.69) is 0 Å². The number of carbonyl (C=O) groups excluding carboxylic acids is 4. The Labute approximate surface area is 220 Å². The van der Waals surface area contributed by atoms with Crippen LogP contribution < -0.4 is 14.9 Å². The lowest BCUT2D eigenvalue weighted by molar-refractivity contribution is -0.282. The number of carbonyl (C=O) groups is 4. The van der Waals surface area contributed by atoms with E-state index >= 15 is 0 Å². The van der Waals surface area contributed by atoms with E-state index in [0.29, 0.717) is 16.9 Å². The highest BCUT2D eigenvalue weighted by molar-refractivity contribution is 5.82. The van der Waals surface area contributed by atoms with E-state index in [1.807, 2.05) is 0 Å². The van der Waals surface area contributed by atoms with Crippen LogP contribution >= 0.6 is 0 Å². The minimum Gasteiger partial charge on any atom is -0.497 e. The molecule has 39 heavy (non-hydrogen) atoms. The fourth-order valence-corrected chi connectivity index (χ4v) is 4.18. The second-order valence-corrected chi connectivity index (χ2v) is 8.05. The highest BCUT2D eigenvalue weighted by Gasteiger charge is 2.52. The second-order valence-electron chi connectivity index (χ2n) is 8.05. The lowest BCUT2D eigenvalue weighted by Gasteiger charge is -2.42. The summed E-state index contributed by atoms with van der Waals surface area (Å²) in [6, 6.07) is 11.2. The molecule has 13 nitrogen and oxygen atoms in total. The number of ether oxygens (including phenoxy) is 7. The maximum Gasteiger partial charge on any atom is 0.293 e. The van der Waals surface area contributed by atoms with Crippen molar-refractivity contribution in [2.24, 2.45) is 0 Å². The first-order valence-electron chi connectivity index (χ1n) is 11.4. The number of hydrogen-bond donors (Lipinski definition) is 0. The van der Waals surface area contributed by atoms with Gasteiger partial charge in [-0.15, -0.1) is 0 Å². The lowest BCUT2D eigenvalue weighted by atomic mass is 9.98. The Kier molecular flexibility index (Phi) is 8.74. The molecule has 2 aromatic carbocycles. The van der Waals surface area contributed by atoms with Crippen molar-refractivity contribution in [3.63, 3.8) is 0 Å². The van der Waals surface area contributed by atoms with Gasteiger partial charge in [-0.1, -0.05) is 12.1 Å². The highest BCUT2D eigenvalue weighted by Crippen LogP contribution is 2.31. The Hall–Kier alpha value is -4.91. The van der Waals surface area contributed by atoms with E-state index in [1.54, 1.807) is 24.3 Å². The zero-order chi connectivity index (χ0) is 27.8. The molecule has 1 aliphatic rings. The van der Waals surface area contributed by atoms with Crippen molar-refractivity contribution in [2.75, 3.05) is 13.7 Å². The van der Waals surface area contributed by atoms with Crippen molar-refractivity contribution in [1.29, 1.82) is 0 Å². The molecule has 0 N–H and O–H groups in total. The van der Waals surface area contributed by atoms with Gasteiger partial charge >= 0.3 is 0 Å². The van der Waals surface area contributed by atoms with E-state index in [4.69, 9.17) is 37.6 Å². The Morgan fingerprint density at radius 3 is 2.15 bits per heavy atom. The first-order valence-corrected chi connectivity index (χ1v) is 11.4. The van der Waals surface area contributed by atoms with Crippen LogP contribution in [0, 0.1) is 0 Å². The molecule has 4 rings (SSSR count). The Morgan fingerprint density at radius 2 is 1.49 bits per heavy atom. The van der Waals surface area contributed by atoms with Crippen molar-refractivity contribution in [3.8, 4) is 22.6 Å². The molecule has 0 spiro atoms. The number of hydrogen-bond acceptors (Lipinski definition) is 13. The molecule has 204 valence electrons. The topological polar surface area (TPSA) is 163 Å². The van der Waals surface area contributed by atoms with Gasteiger partial charge < -0.3 is 37.6 Å². The normalized spacial score (nSPS) is 22.2. The van der Waals surface area contributed by atoms with Gasteiger partial charge in [0.15, 0.2) is 17.6 Å². The average molecular weight is 542 g/mol. The van der Waals surface area contributed by atoms with E-state index < -0.39 is 37.3 Å². The predicted octanol–water partition coefficient (Wildman–Crippen LogP) is 1.37. The Balaban J connectivity index is 1.64. The van der Waals surface area contributed by atoms with Crippen molar-refractivity contribution >= 4 is 36.9 Å². The number of methoxy groups -OCH3 is 1. The van der Waals surface area contributed by atoms with E-state index in [0.717, 1.165) is 0 Å². The zero-order valence-electron chi connectivity index (χ0n) is 20.3. The summed E-state index contributed by atoms with van der Waals surface area (Å²) in [5.74, 6) is 0.763. The van der Waals surface area contributed by atoms with Crippen molar-refractivity contribution in [1.82, 2.24) is 0 Å². The summed E-state index contributed by atoms with van der Waals surface area (Å²) < 4.78 is 42.2. The molecule has 0 aliphatic carbocycles. The molecule has 1 aliphatic heterocycles. The first-order chi connectivity index (χ1) is 19.0. The number of rotatable bonds is 13. The van der Waals surface area contributed by atoms with Gasteiger partial charge in [-0.25, -0.2) is 0 Å². The van der Waals surface area contributed by atoms with Crippen LogP contribution in [0.5, 0.6) is 11.5 Å². The summed E-state index contributed by atoms with van der Waals surface area (Å²) in [5.41, 5.74) is 0.862. The van der Waals surface area contributed by atoms with E-state index in [9.17, 15) is 24.0 Å². The summed E-state index contributed by atoms with van der Waals surface area (Å²) in [4.78, 5) is 57.3. The fraction of sp³-hybridized carbons (Fsp3) is 0.269. The van der Waals surface area contributed by atoms with Crippen LogP contribution in [-0.4, -0.2) is 70.3 Å². The maximum atomic E-state index is 13.1. The molecule has 2 heterocycles. The Morgan fingerprint density at radius 1 is 0.821 bits per heavy atom. The van der Waals surface area contributed by atoms with Crippen LogP contribution in [-0.2, 0) is 42.9 Å². The van der Waals surface area contributed by atoms with Gasteiger partial charge in [0.05, 0.1) is 18.1 Å². The third-order valence-electron chi connectivity index (χ3n) is 5.96. The quantitative estimate of drug-likeness (QED) is 0.225. The molecule has 1 aromatic heterocycles. The molecule has 5 unspecified atom stereocenters. The van der Waals surface area contributed by atoms with Gasteiger partial charge in [0.1, 0.15) is 36.1 Å². The SMILES string of the molecule is COc1ccc(-c2coc3cc(OC4OC(COC=O)C(OC=O)C(OC=O)C4OC=O)ccc3c2=O)cc1. The lowest BCUT2D eigenvalue weighted by Crippen LogP contribution is -2.62. The molecular weight excluding hydrogens is 520 g/mol. The molecule has 5 atom stereocenters. The van der Waals surface area contributed by atoms with Gasteiger partial charge in [-0.2, -0.15) is 0 Å². The van der Waals surface area contributed by atoms with E-state index in [1.165, 1.54) is 31.6 Å². The molecular formula is C26H22O13. The van der Waals surface area contributed by atoms with Gasteiger partial charge in [-0.05, 0) is 29.8 Å². The molecule has 0 bridgehead atoms. The summed E-state index contributed by atoms with van der Waals surface area (Å²) in [5, 5.41) is 0.264. The van der Waals surface area contributed by atoms with Crippen molar-refractivity contribution < 1.29 is 56.8 Å². The summed E-state index contributed by atoms with van der Waals surface area (Å²) in [6.45, 7) is -0.0424. The third-order valence-corrected chi connectivity index (χ3v) is 5.96. The van der Waals surface area contributed by atoms with Crippen LogP contribution in [0.4, 0.5) is 0 Å². The second kappa shape index (κ2) is 12.6. The monoisotopic (exact) mass is 542 g/mol. The summed E-state index contributed by atoms with van der Waals surface area (Å²) >= 11 is 0. The van der Waals surface area contributed by atoms with Crippen LogP contribution in [0.3, 0.4) is 0 Å². The molecule has 0 amide bonds. The third kappa shape index (κ3) is 5.83. The minimum absolute atomic E-state index is 0.0676. The largest absolute Gasteiger partial charge is 0.497 e. The number of benzene rings is 2. The molecule has 0 saturated carbocycles. The van der Waals surface area contributed by atoms with Gasteiger partial charge in [0.2, 0.25) is 12.4 Å². The van der Waals surface area contributed by atoms with Gasteiger partial charge in [-0.3, -0.25) is 24.0 Å². The highest BCUT2D eigenvalue weighted by atomic mass is 16.7. The molecule has 1 saturated heterocycles. The maximum absolute atomic E-state index is 13.1. The molecule has 1 fully saturated rings.